The highest BCUT2D eigenvalue weighted by Crippen LogP contribution is 2.33. The van der Waals surface area contributed by atoms with Crippen LogP contribution in [0.25, 0.3) is 0 Å². The number of rotatable bonds is 8. The normalized spacial score (nSPS) is 14.6. The topological polar surface area (TPSA) is 45.0 Å². The number of nitrogens with one attached hydrogen (secondary N) is 1. The molecule has 0 bridgehead atoms. The molecule has 0 aromatic heterocycles. The predicted molar refractivity (Wildman–Crippen MR) is 148 cm³/mol. The average molecular weight is 493 g/mol. The minimum Gasteiger partial charge on any atom is -0.457 e. The Morgan fingerprint density at radius 3 is 2.41 bits per heavy atom. The highest BCUT2D eigenvalue weighted by molar-refractivity contribution is 8.03. The maximum atomic E-state index is 9.59. The van der Waals surface area contributed by atoms with Crippen molar-refractivity contribution in [2.45, 2.75) is 40.5 Å². The van der Waals surface area contributed by atoms with Gasteiger partial charge in [0.25, 0.3) is 0 Å². The molecule has 2 aromatic carbocycles. The Hall–Kier alpha value is -2.87. The van der Waals surface area contributed by atoms with E-state index in [2.05, 4.69) is 43.5 Å². The van der Waals surface area contributed by atoms with Crippen molar-refractivity contribution in [3.63, 3.8) is 0 Å². The number of thioether (sulfide) groups is 1. The van der Waals surface area contributed by atoms with Crippen molar-refractivity contribution < 1.29 is 4.74 Å². The average Bonchev–Trinajstić information content (AvgIpc) is 2.82. The van der Waals surface area contributed by atoms with Gasteiger partial charge in [-0.2, -0.15) is 5.26 Å². The molecule has 0 aliphatic carbocycles. The van der Waals surface area contributed by atoms with Crippen LogP contribution in [0.15, 0.2) is 100 Å². The van der Waals surface area contributed by atoms with E-state index in [4.69, 9.17) is 16.3 Å². The van der Waals surface area contributed by atoms with Gasteiger partial charge in [-0.3, -0.25) is 0 Å². The summed E-state index contributed by atoms with van der Waals surface area (Å²) >= 11 is 7.63. The highest BCUT2D eigenvalue weighted by Gasteiger charge is 2.16. The van der Waals surface area contributed by atoms with Crippen molar-refractivity contribution in [3.05, 3.63) is 100 Å². The number of hydrogen-bond acceptors (Lipinski definition) is 4. The number of ether oxygens (including phenoxy) is 1. The van der Waals surface area contributed by atoms with Crippen LogP contribution in [-0.4, -0.2) is 5.75 Å². The summed E-state index contributed by atoms with van der Waals surface area (Å²) in [5, 5.41) is 14.6. The zero-order valence-electron chi connectivity index (χ0n) is 20.3. The third-order valence-electron chi connectivity index (χ3n) is 4.78. The Bertz CT molecular complexity index is 1060. The molecule has 34 heavy (non-hydrogen) atoms. The molecule has 3 nitrogen and oxygen atoms in total. The molecule has 0 saturated heterocycles. The van der Waals surface area contributed by atoms with E-state index in [9.17, 15) is 5.26 Å². The quantitative estimate of drug-likeness (QED) is 0.372. The van der Waals surface area contributed by atoms with Crippen LogP contribution in [0.2, 0.25) is 0 Å². The fourth-order valence-electron chi connectivity index (χ4n) is 3.32. The van der Waals surface area contributed by atoms with E-state index in [1.807, 2.05) is 74.5 Å². The molecule has 1 aliphatic heterocycles. The second kappa shape index (κ2) is 15.1. The molecular formula is C29H33ClN2OS. The molecule has 5 heteroatoms. The maximum absolute atomic E-state index is 9.59. The molecule has 2 aromatic rings. The summed E-state index contributed by atoms with van der Waals surface area (Å²) in [5.41, 5.74) is 2.84. The largest absolute Gasteiger partial charge is 0.457 e. The van der Waals surface area contributed by atoms with Crippen molar-refractivity contribution >= 4 is 29.1 Å². The number of allylic oxidation sites excluding steroid dienone is 6. The van der Waals surface area contributed by atoms with Crippen LogP contribution in [0.3, 0.4) is 0 Å². The third kappa shape index (κ3) is 9.95. The van der Waals surface area contributed by atoms with Crippen molar-refractivity contribution in [1.82, 2.24) is 0 Å². The molecule has 0 amide bonds. The van der Waals surface area contributed by atoms with E-state index in [1.165, 1.54) is 5.57 Å². The molecule has 1 N–H and O–H groups in total. The Labute approximate surface area is 213 Å². The molecule has 1 atom stereocenters. The molecule has 0 saturated carbocycles. The standard InChI is InChI=1S/C24H23ClN2OS.C5H10/c1-17(12-18(2)25)13-19-14-20(15-26)24(29-16-19)27-21-8-10-23(11-9-21)28-22-6-4-3-5-7-22;1-3-5-4-2/h3-12,14,17,27H,13,16H2,1-2H3;3,5H,4H2,1-2H3/b18-12+;5-3-. The minimum atomic E-state index is 0.353. The van der Waals surface area contributed by atoms with Crippen molar-refractivity contribution in [1.29, 1.82) is 5.26 Å². The van der Waals surface area contributed by atoms with Gasteiger partial charge < -0.3 is 10.1 Å². The van der Waals surface area contributed by atoms with E-state index >= 15 is 0 Å². The number of anilines is 1. The van der Waals surface area contributed by atoms with Crippen LogP contribution in [0.5, 0.6) is 11.5 Å². The Morgan fingerprint density at radius 1 is 1.18 bits per heavy atom. The van der Waals surface area contributed by atoms with Crippen molar-refractivity contribution in [2.24, 2.45) is 5.92 Å². The van der Waals surface area contributed by atoms with Gasteiger partial charge in [0, 0.05) is 16.5 Å². The zero-order chi connectivity index (χ0) is 24.8. The molecule has 1 unspecified atom stereocenters. The summed E-state index contributed by atoms with van der Waals surface area (Å²) < 4.78 is 5.82. The molecule has 0 spiro atoms. The number of para-hydroxylation sites is 1. The first-order valence-electron chi connectivity index (χ1n) is 11.5. The fraction of sp³-hybridized carbons (Fsp3) is 0.276. The summed E-state index contributed by atoms with van der Waals surface area (Å²) in [4.78, 5) is 0. The number of benzene rings is 2. The molecule has 0 fully saturated rings. The van der Waals surface area contributed by atoms with Gasteiger partial charge >= 0.3 is 0 Å². The first kappa shape index (κ1) is 27.4. The van der Waals surface area contributed by atoms with Crippen LogP contribution in [0.4, 0.5) is 5.69 Å². The number of hydrogen-bond donors (Lipinski definition) is 1. The highest BCUT2D eigenvalue weighted by atomic mass is 35.5. The van der Waals surface area contributed by atoms with Gasteiger partial charge in [0.1, 0.15) is 17.6 Å². The number of halogens is 1. The molecule has 3 rings (SSSR count). The van der Waals surface area contributed by atoms with Gasteiger partial charge in [-0.05, 0) is 75.1 Å². The molecular weight excluding hydrogens is 460 g/mol. The summed E-state index contributed by atoms with van der Waals surface area (Å²) in [6, 6.07) is 19.7. The monoisotopic (exact) mass is 492 g/mol. The molecule has 1 aliphatic rings. The van der Waals surface area contributed by atoms with E-state index in [0.717, 1.165) is 45.8 Å². The van der Waals surface area contributed by atoms with Gasteiger partial charge in [0.2, 0.25) is 0 Å². The summed E-state index contributed by atoms with van der Waals surface area (Å²) in [5.74, 6) is 2.79. The van der Waals surface area contributed by atoms with Crippen molar-refractivity contribution in [3.8, 4) is 17.6 Å². The summed E-state index contributed by atoms with van der Waals surface area (Å²) in [7, 11) is 0. The second-order valence-corrected chi connectivity index (χ2v) is 9.50. The van der Waals surface area contributed by atoms with Gasteiger partial charge in [-0.1, -0.05) is 67.4 Å². The smallest absolute Gasteiger partial charge is 0.127 e. The second-order valence-electron chi connectivity index (χ2n) is 7.92. The maximum Gasteiger partial charge on any atom is 0.127 e. The molecule has 1 heterocycles. The SMILES string of the molecule is C/C(Cl)=C\C(C)CC1=CC(C#N)=C(Nc2ccc(Oc3ccccc3)cc2)SC1.C/C=C\CC. The van der Waals surface area contributed by atoms with Gasteiger partial charge in [0.05, 0.1) is 10.6 Å². The Kier molecular flexibility index (Phi) is 12.2. The summed E-state index contributed by atoms with van der Waals surface area (Å²) in [6.07, 6.45) is 10.3. The Morgan fingerprint density at radius 2 is 1.85 bits per heavy atom. The zero-order valence-corrected chi connectivity index (χ0v) is 21.9. The molecule has 0 radical (unpaired) electrons. The van der Waals surface area contributed by atoms with Crippen LogP contribution in [0, 0.1) is 17.2 Å². The van der Waals surface area contributed by atoms with E-state index in [0.29, 0.717) is 11.5 Å². The molecule has 178 valence electrons. The van der Waals surface area contributed by atoms with Crippen LogP contribution >= 0.6 is 23.4 Å². The fourth-order valence-corrected chi connectivity index (χ4v) is 4.52. The number of nitrogens with zero attached hydrogens (tertiary/aromatic N) is 1. The lowest BCUT2D eigenvalue weighted by atomic mass is 10.00. The van der Waals surface area contributed by atoms with E-state index < -0.39 is 0 Å². The number of nitriles is 1. The van der Waals surface area contributed by atoms with E-state index in [-0.39, 0.29) is 0 Å². The van der Waals surface area contributed by atoms with Crippen LogP contribution in [-0.2, 0) is 0 Å². The first-order chi connectivity index (χ1) is 16.4. The lowest BCUT2D eigenvalue weighted by Crippen LogP contribution is -2.07. The minimum absolute atomic E-state index is 0.353. The van der Waals surface area contributed by atoms with Crippen LogP contribution in [0.1, 0.15) is 40.5 Å². The lowest BCUT2D eigenvalue weighted by Gasteiger charge is -2.19. The third-order valence-corrected chi connectivity index (χ3v) is 6.03. The van der Waals surface area contributed by atoms with Gasteiger partial charge in [-0.25, -0.2) is 0 Å². The van der Waals surface area contributed by atoms with Gasteiger partial charge in [-0.15, -0.1) is 11.8 Å². The first-order valence-corrected chi connectivity index (χ1v) is 12.8. The Balaban J connectivity index is 0.000000739. The van der Waals surface area contributed by atoms with Crippen molar-refractivity contribution in [2.75, 3.05) is 11.1 Å². The predicted octanol–water partition coefficient (Wildman–Crippen LogP) is 9.44. The lowest BCUT2D eigenvalue weighted by molar-refractivity contribution is 0.483. The van der Waals surface area contributed by atoms with Gasteiger partial charge in [0.15, 0.2) is 0 Å². The van der Waals surface area contributed by atoms with Crippen LogP contribution < -0.4 is 10.1 Å². The summed E-state index contributed by atoms with van der Waals surface area (Å²) in [6.45, 7) is 8.18. The van der Waals surface area contributed by atoms with E-state index in [1.54, 1.807) is 11.8 Å².